The number of rotatable bonds is 7. The van der Waals surface area contributed by atoms with Crippen molar-refractivity contribution < 1.29 is 14.2 Å². The van der Waals surface area contributed by atoms with Crippen LogP contribution in [0.4, 0.5) is 0 Å². The van der Waals surface area contributed by atoms with Gasteiger partial charge in [0, 0.05) is 6.54 Å². The van der Waals surface area contributed by atoms with Crippen molar-refractivity contribution in [2.75, 3.05) is 20.3 Å². The second-order valence-corrected chi connectivity index (χ2v) is 5.18. The summed E-state index contributed by atoms with van der Waals surface area (Å²) in [6, 6.07) is 11.4. The third-order valence-electron chi connectivity index (χ3n) is 3.21. The lowest BCUT2D eigenvalue weighted by molar-refractivity contribution is 0.210. The van der Waals surface area contributed by atoms with Gasteiger partial charge in [-0.2, -0.15) is 0 Å². The molecule has 4 nitrogen and oxygen atoms in total. The first-order valence-electron chi connectivity index (χ1n) is 7.03. The predicted molar refractivity (Wildman–Crippen MR) is 88.1 cm³/mol. The van der Waals surface area contributed by atoms with Gasteiger partial charge < -0.3 is 19.9 Å². The summed E-state index contributed by atoms with van der Waals surface area (Å²) in [5.41, 5.74) is 7.60. The fourth-order valence-electron chi connectivity index (χ4n) is 2.04. The molecule has 5 heteroatoms. The molecule has 0 aliphatic carbocycles. The maximum absolute atomic E-state index is 6.21. The molecular weight excluding hydrogens is 302 g/mol. The molecule has 0 saturated heterocycles. The largest absolute Gasteiger partial charge is 0.493 e. The summed E-state index contributed by atoms with van der Waals surface area (Å²) in [5, 5.41) is 0.482. The number of para-hydroxylation sites is 1. The van der Waals surface area contributed by atoms with Crippen LogP contribution in [0.1, 0.15) is 11.1 Å². The highest BCUT2D eigenvalue weighted by Gasteiger charge is 2.11. The second kappa shape index (κ2) is 7.92. The zero-order valence-electron chi connectivity index (χ0n) is 12.8. The van der Waals surface area contributed by atoms with E-state index in [4.69, 9.17) is 31.5 Å². The average Bonchev–Trinajstić information content (AvgIpc) is 2.53. The number of methoxy groups -OCH3 is 1. The highest BCUT2D eigenvalue weighted by Crippen LogP contribution is 2.36. The van der Waals surface area contributed by atoms with Gasteiger partial charge >= 0.3 is 0 Å². The number of hydrogen-bond donors (Lipinski definition) is 1. The van der Waals surface area contributed by atoms with Crippen LogP contribution < -0.4 is 19.9 Å². The maximum Gasteiger partial charge on any atom is 0.179 e. The molecule has 2 rings (SSSR count). The van der Waals surface area contributed by atoms with Crippen molar-refractivity contribution in [2.24, 2.45) is 5.73 Å². The number of benzene rings is 2. The van der Waals surface area contributed by atoms with E-state index in [0.29, 0.717) is 36.3 Å². The lowest BCUT2D eigenvalue weighted by atomic mass is 10.2. The van der Waals surface area contributed by atoms with E-state index in [-0.39, 0.29) is 0 Å². The SMILES string of the molecule is COc1cc(CN)cc(Cl)c1OCCOc1ccccc1C. The van der Waals surface area contributed by atoms with E-state index in [1.165, 1.54) is 0 Å². The normalized spacial score (nSPS) is 10.4. The highest BCUT2D eigenvalue weighted by molar-refractivity contribution is 6.32. The summed E-state index contributed by atoms with van der Waals surface area (Å²) in [6.07, 6.45) is 0. The first-order valence-corrected chi connectivity index (χ1v) is 7.41. The molecular formula is C17H20ClNO3. The van der Waals surface area contributed by atoms with Gasteiger partial charge in [-0.25, -0.2) is 0 Å². The molecule has 0 fully saturated rings. The molecule has 0 radical (unpaired) electrons. The van der Waals surface area contributed by atoms with E-state index in [2.05, 4.69) is 0 Å². The monoisotopic (exact) mass is 321 g/mol. The summed E-state index contributed by atoms with van der Waals surface area (Å²) in [5.74, 6) is 1.93. The Balaban J connectivity index is 1.96. The maximum atomic E-state index is 6.21. The van der Waals surface area contributed by atoms with Crippen LogP contribution in [0.5, 0.6) is 17.2 Å². The molecule has 0 heterocycles. The van der Waals surface area contributed by atoms with E-state index >= 15 is 0 Å². The topological polar surface area (TPSA) is 53.7 Å². The van der Waals surface area contributed by atoms with E-state index in [9.17, 15) is 0 Å². The molecule has 0 atom stereocenters. The molecule has 2 N–H and O–H groups in total. The molecule has 2 aromatic rings. The molecule has 0 spiro atoms. The fraction of sp³-hybridized carbons (Fsp3) is 0.294. The number of aryl methyl sites for hydroxylation is 1. The zero-order chi connectivity index (χ0) is 15.9. The molecule has 0 amide bonds. The van der Waals surface area contributed by atoms with E-state index in [1.807, 2.05) is 37.3 Å². The Hall–Kier alpha value is -1.91. The van der Waals surface area contributed by atoms with Crippen molar-refractivity contribution in [3.63, 3.8) is 0 Å². The summed E-state index contributed by atoms with van der Waals surface area (Å²) >= 11 is 6.21. The fourth-order valence-corrected chi connectivity index (χ4v) is 2.33. The molecule has 22 heavy (non-hydrogen) atoms. The molecule has 0 bridgehead atoms. The van der Waals surface area contributed by atoms with Crippen LogP contribution in [0, 0.1) is 6.92 Å². The van der Waals surface area contributed by atoms with Gasteiger partial charge in [-0.1, -0.05) is 29.8 Å². The molecule has 0 aliphatic heterocycles. The third-order valence-corrected chi connectivity index (χ3v) is 3.49. The molecule has 2 aromatic carbocycles. The van der Waals surface area contributed by atoms with Gasteiger partial charge in [0.25, 0.3) is 0 Å². The Kier molecular flexibility index (Phi) is 5.92. The molecule has 0 saturated carbocycles. The number of nitrogens with two attached hydrogens (primary N) is 1. The van der Waals surface area contributed by atoms with Crippen molar-refractivity contribution in [3.05, 3.63) is 52.5 Å². The zero-order valence-corrected chi connectivity index (χ0v) is 13.5. The number of ether oxygens (including phenoxy) is 3. The molecule has 118 valence electrons. The second-order valence-electron chi connectivity index (χ2n) is 4.78. The van der Waals surface area contributed by atoms with Gasteiger partial charge in [-0.3, -0.25) is 0 Å². The van der Waals surface area contributed by atoms with Crippen LogP contribution in [0.2, 0.25) is 5.02 Å². The minimum Gasteiger partial charge on any atom is -0.493 e. The van der Waals surface area contributed by atoms with Crippen LogP contribution >= 0.6 is 11.6 Å². The van der Waals surface area contributed by atoms with Gasteiger partial charge in [-0.15, -0.1) is 0 Å². The number of hydrogen-bond acceptors (Lipinski definition) is 4. The number of halogens is 1. The quantitative estimate of drug-likeness (QED) is 0.792. The Morgan fingerprint density at radius 1 is 1.05 bits per heavy atom. The molecule has 0 aromatic heterocycles. The van der Waals surface area contributed by atoms with Gasteiger partial charge in [0.1, 0.15) is 19.0 Å². The van der Waals surface area contributed by atoms with E-state index in [1.54, 1.807) is 13.2 Å². The van der Waals surface area contributed by atoms with Crippen molar-refractivity contribution in [3.8, 4) is 17.2 Å². The molecule has 0 unspecified atom stereocenters. The lowest BCUT2D eigenvalue weighted by Gasteiger charge is -2.14. The Labute approximate surface area is 135 Å². The summed E-state index contributed by atoms with van der Waals surface area (Å²) in [7, 11) is 1.57. The van der Waals surface area contributed by atoms with Crippen molar-refractivity contribution in [2.45, 2.75) is 13.5 Å². The summed E-state index contributed by atoms with van der Waals surface area (Å²) < 4.78 is 16.7. The van der Waals surface area contributed by atoms with Crippen LogP contribution in [0.15, 0.2) is 36.4 Å². The first-order chi connectivity index (χ1) is 10.7. The third kappa shape index (κ3) is 4.06. The van der Waals surface area contributed by atoms with Crippen LogP contribution in [0.25, 0.3) is 0 Å². The van der Waals surface area contributed by atoms with Crippen LogP contribution in [-0.2, 0) is 6.54 Å². The lowest BCUT2D eigenvalue weighted by Crippen LogP contribution is -2.10. The summed E-state index contributed by atoms with van der Waals surface area (Å²) in [4.78, 5) is 0. The smallest absolute Gasteiger partial charge is 0.179 e. The predicted octanol–water partition coefficient (Wildman–Crippen LogP) is 3.57. The average molecular weight is 322 g/mol. The van der Waals surface area contributed by atoms with Crippen molar-refractivity contribution >= 4 is 11.6 Å². The molecule has 0 aliphatic rings. The van der Waals surface area contributed by atoms with Crippen LogP contribution in [0.3, 0.4) is 0 Å². The van der Waals surface area contributed by atoms with Gasteiger partial charge in [0.2, 0.25) is 0 Å². The van der Waals surface area contributed by atoms with Gasteiger partial charge in [0.05, 0.1) is 12.1 Å². The minimum absolute atomic E-state index is 0.367. The standard InChI is InChI=1S/C17H20ClNO3/c1-12-5-3-4-6-15(12)21-7-8-22-17-14(18)9-13(11-19)10-16(17)20-2/h3-6,9-10H,7-8,11,19H2,1-2H3. The highest BCUT2D eigenvalue weighted by atomic mass is 35.5. The van der Waals surface area contributed by atoms with Gasteiger partial charge in [0.15, 0.2) is 11.5 Å². The Morgan fingerprint density at radius 3 is 2.45 bits per heavy atom. The van der Waals surface area contributed by atoms with Crippen molar-refractivity contribution in [1.82, 2.24) is 0 Å². The Bertz CT molecular complexity index is 631. The van der Waals surface area contributed by atoms with Gasteiger partial charge in [-0.05, 0) is 36.2 Å². The van der Waals surface area contributed by atoms with E-state index < -0.39 is 0 Å². The first kappa shape index (κ1) is 16.5. The minimum atomic E-state index is 0.367. The van der Waals surface area contributed by atoms with Crippen molar-refractivity contribution in [1.29, 1.82) is 0 Å². The van der Waals surface area contributed by atoms with Crippen LogP contribution in [-0.4, -0.2) is 20.3 Å². The Morgan fingerprint density at radius 2 is 1.77 bits per heavy atom. The summed E-state index contributed by atoms with van der Waals surface area (Å²) in [6.45, 7) is 3.18. The van der Waals surface area contributed by atoms with E-state index in [0.717, 1.165) is 16.9 Å².